The van der Waals surface area contributed by atoms with Gasteiger partial charge in [-0.2, -0.15) is 0 Å². The van der Waals surface area contributed by atoms with E-state index >= 15 is 0 Å². The molecule has 2 N–H and O–H groups in total. The Hall–Kier alpha value is -1.13. The highest BCUT2D eigenvalue weighted by Gasteiger charge is 2.11. The Bertz CT molecular complexity index is 326. The second kappa shape index (κ2) is 5.68. The van der Waals surface area contributed by atoms with Crippen LogP contribution in [0.5, 0.6) is 0 Å². The van der Waals surface area contributed by atoms with E-state index in [0.717, 1.165) is 6.42 Å². The van der Waals surface area contributed by atoms with E-state index < -0.39 is 0 Å². The highest BCUT2D eigenvalue weighted by Crippen LogP contribution is 2.07. The van der Waals surface area contributed by atoms with Crippen molar-refractivity contribution in [3.05, 3.63) is 29.0 Å². The summed E-state index contributed by atoms with van der Waals surface area (Å²) >= 11 is 5.68. The summed E-state index contributed by atoms with van der Waals surface area (Å²) in [4.78, 5) is 17.3. The standard InChI is InChI=1S/C10H14ClN3O/c1-14(6-2-5-12)10(15)9-4-3-8(11)7-13-9/h3-4,7H,2,5-6,12H2,1H3. The monoisotopic (exact) mass is 227 g/mol. The molecule has 0 aliphatic heterocycles. The maximum atomic E-state index is 11.7. The highest BCUT2D eigenvalue weighted by molar-refractivity contribution is 6.30. The van der Waals surface area contributed by atoms with Gasteiger partial charge in [0.25, 0.3) is 5.91 Å². The van der Waals surface area contributed by atoms with Crippen molar-refractivity contribution in [2.24, 2.45) is 5.73 Å². The van der Waals surface area contributed by atoms with Crippen LogP contribution < -0.4 is 5.73 Å². The molecule has 0 unspecified atom stereocenters. The van der Waals surface area contributed by atoms with Crippen molar-refractivity contribution in [3.63, 3.8) is 0 Å². The molecule has 0 aliphatic rings. The van der Waals surface area contributed by atoms with Crippen molar-refractivity contribution in [1.82, 2.24) is 9.88 Å². The van der Waals surface area contributed by atoms with Crippen LogP contribution in [0, 0.1) is 0 Å². The highest BCUT2D eigenvalue weighted by atomic mass is 35.5. The second-order valence-corrected chi connectivity index (χ2v) is 3.67. The van der Waals surface area contributed by atoms with Gasteiger partial charge in [-0.05, 0) is 25.1 Å². The summed E-state index contributed by atoms with van der Waals surface area (Å²) in [5, 5.41) is 0.524. The molecular formula is C10H14ClN3O. The lowest BCUT2D eigenvalue weighted by Gasteiger charge is -2.15. The van der Waals surface area contributed by atoms with Gasteiger partial charge >= 0.3 is 0 Å². The molecule has 15 heavy (non-hydrogen) atoms. The van der Waals surface area contributed by atoms with Crippen molar-refractivity contribution in [3.8, 4) is 0 Å². The minimum atomic E-state index is -0.111. The van der Waals surface area contributed by atoms with Gasteiger partial charge in [0.05, 0.1) is 5.02 Å². The van der Waals surface area contributed by atoms with Crippen molar-refractivity contribution in [2.45, 2.75) is 6.42 Å². The Morgan fingerprint density at radius 2 is 2.33 bits per heavy atom. The number of carbonyl (C=O) groups is 1. The predicted molar refractivity (Wildman–Crippen MR) is 59.9 cm³/mol. The Kier molecular flexibility index (Phi) is 4.52. The lowest BCUT2D eigenvalue weighted by molar-refractivity contribution is 0.0788. The van der Waals surface area contributed by atoms with E-state index in [9.17, 15) is 4.79 Å². The van der Waals surface area contributed by atoms with Gasteiger partial charge in [0.1, 0.15) is 5.69 Å². The van der Waals surface area contributed by atoms with Gasteiger partial charge in [-0.15, -0.1) is 0 Å². The number of halogens is 1. The molecule has 0 radical (unpaired) electrons. The maximum Gasteiger partial charge on any atom is 0.272 e. The summed E-state index contributed by atoms with van der Waals surface area (Å²) in [5.41, 5.74) is 5.77. The molecule has 1 aromatic rings. The third kappa shape index (κ3) is 3.49. The molecule has 1 aromatic heterocycles. The van der Waals surface area contributed by atoms with E-state index in [1.807, 2.05) is 0 Å². The Morgan fingerprint density at radius 3 is 2.87 bits per heavy atom. The molecule has 0 fully saturated rings. The molecule has 1 heterocycles. The molecule has 5 heteroatoms. The Morgan fingerprint density at radius 1 is 1.60 bits per heavy atom. The zero-order valence-electron chi connectivity index (χ0n) is 8.61. The van der Waals surface area contributed by atoms with E-state index in [1.54, 1.807) is 24.1 Å². The minimum absolute atomic E-state index is 0.111. The molecule has 0 bridgehead atoms. The number of amides is 1. The number of carbonyl (C=O) groups excluding carboxylic acids is 1. The molecule has 1 amide bonds. The van der Waals surface area contributed by atoms with Crippen molar-refractivity contribution in [2.75, 3.05) is 20.1 Å². The predicted octanol–water partition coefficient (Wildman–Crippen LogP) is 1.16. The summed E-state index contributed by atoms with van der Waals surface area (Å²) in [6.07, 6.45) is 2.25. The van der Waals surface area contributed by atoms with Crippen LogP contribution in [-0.2, 0) is 0 Å². The molecule has 0 saturated carbocycles. The average Bonchev–Trinajstić information content (AvgIpc) is 2.26. The van der Waals surface area contributed by atoms with Gasteiger partial charge in [-0.3, -0.25) is 4.79 Å². The third-order valence-electron chi connectivity index (χ3n) is 1.99. The van der Waals surface area contributed by atoms with Crippen LogP contribution in [-0.4, -0.2) is 35.9 Å². The topological polar surface area (TPSA) is 59.2 Å². The van der Waals surface area contributed by atoms with Gasteiger partial charge in [-0.25, -0.2) is 4.98 Å². The zero-order chi connectivity index (χ0) is 11.3. The van der Waals surface area contributed by atoms with Crippen LogP contribution >= 0.6 is 11.6 Å². The molecule has 0 atom stereocenters. The first kappa shape index (κ1) is 11.9. The fourth-order valence-electron chi connectivity index (χ4n) is 1.13. The van der Waals surface area contributed by atoms with E-state index in [2.05, 4.69) is 4.98 Å². The molecule has 82 valence electrons. The Labute approximate surface area is 94.0 Å². The first-order chi connectivity index (χ1) is 7.15. The summed E-state index contributed by atoms with van der Waals surface area (Å²) in [6, 6.07) is 3.27. The largest absolute Gasteiger partial charge is 0.340 e. The average molecular weight is 228 g/mol. The number of aromatic nitrogens is 1. The van der Waals surface area contributed by atoms with Crippen LogP contribution in [0.25, 0.3) is 0 Å². The molecular weight excluding hydrogens is 214 g/mol. The first-order valence-corrected chi connectivity index (χ1v) is 5.10. The fourth-order valence-corrected chi connectivity index (χ4v) is 1.24. The van der Waals surface area contributed by atoms with Crippen molar-refractivity contribution < 1.29 is 4.79 Å². The molecule has 0 aromatic carbocycles. The van der Waals surface area contributed by atoms with Crippen LogP contribution in [0.2, 0.25) is 5.02 Å². The molecule has 4 nitrogen and oxygen atoms in total. The van der Waals surface area contributed by atoms with Crippen LogP contribution in [0.3, 0.4) is 0 Å². The summed E-state index contributed by atoms with van der Waals surface area (Å²) < 4.78 is 0. The quantitative estimate of drug-likeness (QED) is 0.840. The number of nitrogens with zero attached hydrogens (tertiary/aromatic N) is 2. The van der Waals surface area contributed by atoms with Gasteiger partial charge in [0.2, 0.25) is 0 Å². The van der Waals surface area contributed by atoms with Crippen LogP contribution in [0.4, 0.5) is 0 Å². The lowest BCUT2D eigenvalue weighted by atomic mass is 10.3. The SMILES string of the molecule is CN(CCCN)C(=O)c1ccc(Cl)cn1. The number of hydrogen-bond acceptors (Lipinski definition) is 3. The van der Waals surface area contributed by atoms with E-state index in [4.69, 9.17) is 17.3 Å². The van der Waals surface area contributed by atoms with E-state index in [-0.39, 0.29) is 5.91 Å². The van der Waals surface area contributed by atoms with Gasteiger partial charge in [-0.1, -0.05) is 11.6 Å². The summed E-state index contributed by atoms with van der Waals surface area (Å²) in [7, 11) is 1.73. The minimum Gasteiger partial charge on any atom is -0.340 e. The van der Waals surface area contributed by atoms with E-state index in [0.29, 0.717) is 23.8 Å². The first-order valence-electron chi connectivity index (χ1n) is 4.72. The van der Waals surface area contributed by atoms with E-state index in [1.165, 1.54) is 6.20 Å². The fraction of sp³-hybridized carbons (Fsp3) is 0.400. The van der Waals surface area contributed by atoms with Gasteiger partial charge in [0, 0.05) is 19.8 Å². The van der Waals surface area contributed by atoms with Crippen LogP contribution in [0.15, 0.2) is 18.3 Å². The number of rotatable bonds is 4. The molecule has 1 rings (SSSR count). The molecule has 0 saturated heterocycles. The maximum absolute atomic E-state index is 11.7. The zero-order valence-corrected chi connectivity index (χ0v) is 9.37. The smallest absolute Gasteiger partial charge is 0.272 e. The third-order valence-corrected chi connectivity index (χ3v) is 2.21. The number of pyridine rings is 1. The van der Waals surface area contributed by atoms with Gasteiger partial charge in [0.15, 0.2) is 0 Å². The Balaban J connectivity index is 2.63. The lowest BCUT2D eigenvalue weighted by Crippen LogP contribution is -2.29. The number of nitrogens with two attached hydrogens (primary N) is 1. The summed E-state index contributed by atoms with van der Waals surface area (Å²) in [5.74, 6) is -0.111. The van der Waals surface area contributed by atoms with Crippen molar-refractivity contribution >= 4 is 17.5 Å². The normalized spacial score (nSPS) is 10.1. The van der Waals surface area contributed by atoms with Gasteiger partial charge < -0.3 is 10.6 Å². The number of hydrogen-bond donors (Lipinski definition) is 1. The summed E-state index contributed by atoms with van der Waals surface area (Å²) in [6.45, 7) is 1.21. The molecule has 0 aliphatic carbocycles. The second-order valence-electron chi connectivity index (χ2n) is 3.23. The van der Waals surface area contributed by atoms with Crippen molar-refractivity contribution in [1.29, 1.82) is 0 Å². The molecule has 0 spiro atoms. The van der Waals surface area contributed by atoms with Crippen LogP contribution in [0.1, 0.15) is 16.9 Å².